The molecule has 1 heterocycles. The number of nitrogens with zero attached hydrogens (tertiary/aromatic N) is 3. The van der Waals surface area contributed by atoms with Crippen molar-refractivity contribution in [2.45, 2.75) is 32.7 Å². The van der Waals surface area contributed by atoms with Crippen LogP contribution in [0.2, 0.25) is 0 Å². The Morgan fingerprint density at radius 2 is 2.32 bits per heavy atom. The van der Waals surface area contributed by atoms with Gasteiger partial charge >= 0.3 is 5.97 Å². The molecule has 1 aromatic heterocycles. The molecule has 0 radical (unpaired) electrons. The van der Waals surface area contributed by atoms with Crippen LogP contribution in [0.5, 0.6) is 0 Å². The molecule has 0 bridgehead atoms. The highest BCUT2D eigenvalue weighted by Crippen LogP contribution is 2.30. The van der Waals surface area contributed by atoms with Gasteiger partial charge in [-0.15, -0.1) is 5.10 Å². The number of aromatic nitrogens is 3. The van der Waals surface area contributed by atoms with Gasteiger partial charge in [0.15, 0.2) is 5.69 Å². The summed E-state index contributed by atoms with van der Waals surface area (Å²) in [6.45, 7) is 2.96. The van der Waals surface area contributed by atoms with Crippen LogP contribution in [-0.2, 0) is 11.3 Å². The van der Waals surface area contributed by atoms with E-state index in [1.54, 1.807) is 0 Å². The minimum Gasteiger partial charge on any atom is -0.476 e. The third-order valence-electron chi connectivity index (χ3n) is 3.60. The molecule has 1 aromatic rings. The lowest BCUT2D eigenvalue weighted by molar-refractivity contribution is -0.125. The maximum Gasteiger partial charge on any atom is 0.358 e. The number of carbonyl (C=O) groups is 2. The Balaban J connectivity index is 1.76. The molecule has 1 aliphatic rings. The van der Waals surface area contributed by atoms with E-state index in [1.165, 1.54) is 10.9 Å². The number of nitrogens with one attached hydrogen (secondary N) is 1. The van der Waals surface area contributed by atoms with Gasteiger partial charge in [0.2, 0.25) is 5.91 Å². The Morgan fingerprint density at radius 1 is 1.53 bits per heavy atom. The lowest BCUT2D eigenvalue weighted by Gasteiger charge is -2.14. The summed E-state index contributed by atoms with van der Waals surface area (Å²) in [7, 11) is 0. The summed E-state index contributed by atoms with van der Waals surface area (Å²) in [5, 5.41) is 18.8. The zero-order chi connectivity index (χ0) is 13.8. The lowest BCUT2D eigenvalue weighted by atomic mass is 9.97. The SMILES string of the molecule is CC1CCCC1C(=O)NCCn1cc(C(=O)O)nn1. The topological polar surface area (TPSA) is 97.1 Å². The Bertz CT molecular complexity index is 471. The zero-order valence-corrected chi connectivity index (χ0v) is 10.9. The fourth-order valence-electron chi connectivity index (χ4n) is 2.47. The molecule has 7 heteroatoms. The second-order valence-electron chi connectivity index (χ2n) is 4.98. The van der Waals surface area contributed by atoms with Gasteiger partial charge in [0, 0.05) is 12.5 Å². The van der Waals surface area contributed by atoms with Gasteiger partial charge in [-0.25, -0.2) is 9.48 Å². The average molecular weight is 266 g/mol. The molecule has 0 spiro atoms. The molecule has 1 amide bonds. The summed E-state index contributed by atoms with van der Waals surface area (Å²) in [4.78, 5) is 22.5. The molecule has 1 aliphatic carbocycles. The fourth-order valence-corrected chi connectivity index (χ4v) is 2.47. The van der Waals surface area contributed by atoms with Crippen LogP contribution in [0.3, 0.4) is 0 Å². The summed E-state index contributed by atoms with van der Waals surface area (Å²) >= 11 is 0. The van der Waals surface area contributed by atoms with E-state index in [-0.39, 0.29) is 17.5 Å². The quantitative estimate of drug-likeness (QED) is 0.810. The summed E-state index contributed by atoms with van der Waals surface area (Å²) in [6.07, 6.45) is 4.54. The van der Waals surface area contributed by atoms with Crippen molar-refractivity contribution in [3.05, 3.63) is 11.9 Å². The molecule has 2 unspecified atom stereocenters. The molecule has 7 nitrogen and oxygen atoms in total. The molecule has 104 valence electrons. The van der Waals surface area contributed by atoms with Crippen LogP contribution in [0.1, 0.15) is 36.7 Å². The fraction of sp³-hybridized carbons (Fsp3) is 0.667. The van der Waals surface area contributed by atoms with Crippen molar-refractivity contribution in [2.75, 3.05) is 6.54 Å². The molecule has 1 saturated carbocycles. The molecular weight excluding hydrogens is 248 g/mol. The van der Waals surface area contributed by atoms with Crippen molar-refractivity contribution < 1.29 is 14.7 Å². The second kappa shape index (κ2) is 5.81. The maximum atomic E-state index is 11.9. The van der Waals surface area contributed by atoms with Crippen molar-refractivity contribution in [3.63, 3.8) is 0 Å². The Kier molecular flexibility index (Phi) is 4.13. The first kappa shape index (κ1) is 13.5. The van der Waals surface area contributed by atoms with E-state index < -0.39 is 5.97 Å². The van der Waals surface area contributed by atoms with Crippen molar-refractivity contribution >= 4 is 11.9 Å². The van der Waals surface area contributed by atoms with Gasteiger partial charge in [0.1, 0.15) is 0 Å². The molecule has 2 rings (SSSR count). The van der Waals surface area contributed by atoms with Crippen LogP contribution in [0, 0.1) is 11.8 Å². The standard InChI is InChI=1S/C12H18N4O3/c1-8-3-2-4-9(8)11(17)13-5-6-16-7-10(12(18)19)14-15-16/h7-9H,2-6H2,1H3,(H,13,17)(H,18,19). The van der Waals surface area contributed by atoms with E-state index in [0.29, 0.717) is 19.0 Å². The normalized spacial score (nSPS) is 22.4. The molecule has 19 heavy (non-hydrogen) atoms. The van der Waals surface area contributed by atoms with Crippen LogP contribution in [0.4, 0.5) is 0 Å². The Morgan fingerprint density at radius 3 is 2.89 bits per heavy atom. The molecule has 0 aliphatic heterocycles. The Labute approximate surface area is 111 Å². The molecule has 0 aromatic carbocycles. The molecule has 2 N–H and O–H groups in total. The smallest absolute Gasteiger partial charge is 0.358 e. The van der Waals surface area contributed by atoms with Crippen molar-refractivity contribution in [3.8, 4) is 0 Å². The number of carbonyl (C=O) groups excluding carboxylic acids is 1. The molecule has 0 saturated heterocycles. The highest BCUT2D eigenvalue weighted by atomic mass is 16.4. The van der Waals surface area contributed by atoms with E-state index >= 15 is 0 Å². The predicted octanol–water partition coefficient (Wildman–Crippen LogP) is 0.529. The van der Waals surface area contributed by atoms with Crippen LogP contribution in [0.25, 0.3) is 0 Å². The average Bonchev–Trinajstić information content (AvgIpc) is 2.97. The van der Waals surface area contributed by atoms with Gasteiger partial charge < -0.3 is 10.4 Å². The van der Waals surface area contributed by atoms with Crippen LogP contribution in [-0.4, -0.2) is 38.5 Å². The highest BCUT2D eigenvalue weighted by molar-refractivity contribution is 5.84. The lowest BCUT2D eigenvalue weighted by Crippen LogP contribution is -2.34. The number of aromatic carboxylic acids is 1. The molecular formula is C12H18N4O3. The van der Waals surface area contributed by atoms with Gasteiger partial charge in [-0.3, -0.25) is 4.79 Å². The van der Waals surface area contributed by atoms with Crippen molar-refractivity contribution in [1.82, 2.24) is 20.3 Å². The van der Waals surface area contributed by atoms with E-state index in [4.69, 9.17) is 5.11 Å². The van der Waals surface area contributed by atoms with Crippen LogP contribution >= 0.6 is 0 Å². The highest BCUT2D eigenvalue weighted by Gasteiger charge is 2.29. The predicted molar refractivity (Wildman–Crippen MR) is 66.5 cm³/mol. The summed E-state index contributed by atoms with van der Waals surface area (Å²) in [6, 6.07) is 0. The number of carboxylic acid groups (broad SMARTS) is 1. The van der Waals surface area contributed by atoms with Gasteiger partial charge in [-0.05, 0) is 18.8 Å². The first-order chi connectivity index (χ1) is 9.08. The number of carboxylic acids is 1. The van der Waals surface area contributed by atoms with Gasteiger partial charge in [-0.1, -0.05) is 18.6 Å². The van der Waals surface area contributed by atoms with Gasteiger partial charge in [-0.2, -0.15) is 0 Å². The number of hydrogen-bond acceptors (Lipinski definition) is 4. The second-order valence-corrected chi connectivity index (χ2v) is 4.98. The monoisotopic (exact) mass is 266 g/mol. The summed E-state index contributed by atoms with van der Waals surface area (Å²) in [5.74, 6) is -0.450. The number of amides is 1. The maximum absolute atomic E-state index is 11.9. The van der Waals surface area contributed by atoms with E-state index in [0.717, 1.165) is 19.3 Å². The number of rotatable bonds is 5. The van der Waals surface area contributed by atoms with Gasteiger partial charge in [0.25, 0.3) is 0 Å². The van der Waals surface area contributed by atoms with E-state index in [9.17, 15) is 9.59 Å². The summed E-state index contributed by atoms with van der Waals surface area (Å²) in [5.41, 5.74) is -0.0873. The van der Waals surface area contributed by atoms with Crippen molar-refractivity contribution in [2.24, 2.45) is 11.8 Å². The third-order valence-corrected chi connectivity index (χ3v) is 3.60. The Hall–Kier alpha value is -1.92. The summed E-state index contributed by atoms with van der Waals surface area (Å²) < 4.78 is 1.42. The number of hydrogen-bond donors (Lipinski definition) is 2. The van der Waals surface area contributed by atoms with Crippen LogP contribution < -0.4 is 5.32 Å². The van der Waals surface area contributed by atoms with Gasteiger partial charge in [0.05, 0.1) is 12.7 Å². The minimum absolute atomic E-state index is 0.0866. The zero-order valence-electron chi connectivity index (χ0n) is 10.9. The van der Waals surface area contributed by atoms with Crippen molar-refractivity contribution in [1.29, 1.82) is 0 Å². The first-order valence-corrected chi connectivity index (χ1v) is 6.49. The van der Waals surface area contributed by atoms with Crippen LogP contribution in [0.15, 0.2) is 6.20 Å². The third kappa shape index (κ3) is 3.30. The minimum atomic E-state index is -1.10. The first-order valence-electron chi connectivity index (χ1n) is 6.49. The molecule has 1 fully saturated rings. The largest absolute Gasteiger partial charge is 0.476 e. The molecule has 2 atom stereocenters. The van der Waals surface area contributed by atoms with E-state index in [2.05, 4.69) is 22.6 Å². The van der Waals surface area contributed by atoms with E-state index in [1.807, 2.05) is 0 Å².